The van der Waals surface area contributed by atoms with Crippen molar-refractivity contribution in [3.63, 3.8) is 0 Å². The molecule has 2 aliphatic rings. The highest BCUT2D eigenvalue weighted by molar-refractivity contribution is 7.89. The van der Waals surface area contributed by atoms with Crippen molar-refractivity contribution in [1.29, 1.82) is 0 Å². The topological polar surface area (TPSA) is 52.7 Å². The predicted molar refractivity (Wildman–Crippen MR) is 86.9 cm³/mol. The Morgan fingerprint density at radius 1 is 1.14 bits per heavy atom. The van der Waals surface area contributed by atoms with Crippen LogP contribution >= 0.6 is 0 Å². The summed E-state index contributed by atoms with van der Waals surface area (Å²) in [6, 6.07) is 0.399. The first-order valence-electron chi connectivity index (χ1n) is 8.41. The molecule has 0 bridgehead atoms. The van der Waals surface area contributed by atoms with Gasteiger partial charge < -0.3 is 10.2 Å². The molecule has 5 nitrogen and oxygen atoms in total. The van der Waals surface area contributed by atoms with Gasteiger partial charge in [0.1, 0.15) is 0 Å². The molecule has 0 radical (unpaired) electrons. The van der Waals surface area contributed by atoms with Crippen LogP contribution in [0, 0.1) is 5.92 Å². The minimum Gasteiger partial charge on any atom is -0.314 e. The molecule has 2 fully saturated rings. The number of sulfonamides is 1. The highest BCUT2D eigenvalue weighted by atomic mass is 32.2. The molecule has 2 saturated heterocycles. The minimum atomic E-state index is -3.07. The summed E-state index contributed by atoms with van der Waals surface area (Å²) in [5, 5.41) is 3.43. The molecule has 0 spiro atoms. The monoisotopic (exact) mass is 317 g/mol. The Balaban J connectivity index is 1.75. The van der Waals surface area contributed by atoms with Gasteiger partial charge in [0.15, 0.2) is 0 Å². The van der Waals surface area contributed by atoms with E-state index in [2.05, 4.69) is 24.1 Å². The van der Waals surface area contributed by atoms with Crippen molar-refractivity contribution >= 4 is 10.0 Å². The lowest BCUT2D eigenvalue weighted by molar-refractivity contribution is 0.172. The molecule has 1 unspecified atom stereocenters. The van der Waals surface area contributed by atoms with Gasteiger partial charge in [-0.25, -0.2) is 8.42 Å². The Morgan fingerprint density at radius 2 is 1.86 bits per heavy atom. The van der Waals surface area contributed by atoms with E-state index in [1.54, 1.807) is 4.31 Å². The zero-order valence-electron chi connectivity index (χ0n) is 13.6. The fraction of sp³-hybridized carbons (Fsp3) is 1.00. The fourth-order valence-corrected chi connectivity index (χ4v) is 4.86. The molecule has 2 aliphatic heterocycles. The van der Waals surface area contributed by atoms with Crippen LogP contribution < -0.4 is 5.32 Å². The van der Waals surface area contributed by atoms with Crippen LogP contribution in [0.15, 0.2) is 0 Å². The van der Waals surface area contributed by atoms with E-state index in [9.17, 15) is 8.42 Å². The maximum absolute atomic E-state index is 12.4. The maximum atomic E-state index is 12.4. The molecule has 0 amide bonds. The van der Waals surface area contributed by atoms with Gasteiger partial charge in [-0.05, 0) is 31.7 Å². The van der Waals surface area contributed by atoms with Gasteiger partial charge in [-0.15, -0.1) is 0 Å². The number of piperazine rings is 1. The predicted octanol–water partition coefficient (Wildman–Crippen LogP) is 1.12. The summed E-state index contributed by atoms with van der Waals surface area (Å²) in [5.41, 5.74) is 0. The number of nitrogens with one attached hydrogen (secondary N) is 1. The molecular weight excluding hydrogens is 286 g/mol. The van der Waals surface area contributed by atoms with Crippen LogP contribution in [-0.2, 0) is 10.0 Å². The largest absolute Gasteiger partial charge is 0.314 e. The lowest BCUT2D eigenvalue weighted by Gasteiger charge is -2.35. The Labute approximate surface area is 130 Å². The van der Waals surface area contributed by atoms with Crippen molar-refractivity contribution in [3.8, 4) is 0 Å². The van der Waals surface area contributed by atoms with Crippen molar-refractivity contribution < 1.29 is 8.42 Å². The van der Waals surface area contributed by atoms with Crippen LogP contribution in [0.1, 0.15) is 39.5 Å². The van der Waals surface area contributed by atoms with E-state index in [0.717, 1.165) is 39.0 Å². The third kappa shape index (κ3) is 5.51. The van der Waals surface area contributed by atoms with E-state index in [-0.39, 0.29) is 0 Å². The zero-order valence-corrected chi connectivity index (χ0v) is 14.4. The number of hydrogen-bond acceptors (Lipinski definition) is 4. The third-order valence-electron chi connectivity index (χ3n) is 4.48. The van der Waals surface area contributed by atoms with Crippen LogP contribution in [0.3, 0.4) is 0 Å². The number of hydrogen-bond donors (Lipinski definition) is 1. The third-order valence-corrected chi connectivity index (χ3v) is 6.39. The van der Waals surface area contributed by atoms with Gasteiger partial charge in [0.05, 0.1) is 5.75 Å². The average Bonchev–Trinajstić information content (AvgIpc) is 2.46. The smallest absolute Gasteiger partial charge is 0.214 e. The molecule has 21 heavy (non-hydrogen) atoms. The second-order valence-electron chi connectivity index (χ2n) is 6.85. The van der Waals surface area contributed by atoms with E-state index in [0.29, 0.717) is 30.8 Å². The van der Waals surface area contributed by atoms with Crippen molar-refractivity contribution in [1.82, 2.24) is 14.5 Å². The maximum Gasteiger partial charge on any atom is 0.214 e. The molecular formula is C15H31N3O2S. The van der Waals surface area contributed by atoms with Gasteiger partial charge in [0.2, 0.25) is 10.0 Å². The Morgan fingerprint density at radius 3 is 2.43 bits per heavy atom. The van der Waals surface area contributed by atoms with Crippen molar-refractivity contribution in [2.45, 2.75) is 45.6 Å². The van der Waals surface area contributed by atoms with Crippen molar-refractivity contribution in [2.24, 2.45) is 5.92 Å². The SMILES string of the molecule is CC(C)CN1CCN(S(=O)(=O)CCC2CCCCN2)CC1. The summed E-state index contributed by atoms with van der Waals surface area (Å²) in [7, 11) is -3.07. The highest BCUT2D eigenvalue weighted by Crippen LogP contribution is 2.14. The zero-order chi connectivity index (χ0) is 15.3. The molecule has 1 atom stereocenters. The lowest BCUT2D eigenvalue weighted by Crippen LogP contribution is -2.50. The molecule has 6 heteroatoms. The van der Waals surface area contributed by atoms with E-state index in [4.69, 9.17) is 0 Å². The molecule has 124 valence electrons. The van der Waals surface area contributed by atoms with Crippen LogP contribution in [0.2, 0.25) is 0 Å². The van der Waals surface area contributed by atoms with E-state index >= 15 is 0 Å². The highest BCUT2D eigenvalue weighted by Gasteiger charge is 2.27. The van der Waals surface area contributed by atoms with Gasteiger partial charge in [0, 0.05) is 38.8 Å². The van der Waals surface area contributed by atoms with Crippen LogP contribution in [0.4, 0.5) is 0 Å². The molecule has 0 aromatic heterocycles. The first-order valence-corrected chi connectivity index (χ1v) is 10.0. The normalized spacial score (nSPS) is 26.3. The summed E-state index contributed by atoms with van der Waals surface area (Å²) in [6.45, 7) is 9.59. The Kier molecular flexibility index (Phi) is 6.47. The molecule has 2 heterocycles. The van der Waals surface area contributed by atoms with Crippen LogP contribution in [0.25, 0.3) is 0 Å². The standard InChI is InChI=1S/C15H31N3O2S/c1-14(2)13-17-8-10-18(11-9-17)21(19,20)12-6-15-5-3-4-7-16-15/h14-16H,3-13H2,1-2H3. The van der Waals surface area contributed by atoms with Gasteiger partial charge in [0.25, 0.3) is 0 Å². The summed E-state index contributed by atoms with van der Waals surface area (Å²) < 4.78 is 26.6. The lowest BCUT2D eigenvalue weighted by atomic mass is 10.0. The molecule has 0 aromatic carbocycles. The first kappa shape index (κ1) is 17.2. The minimum absolute atomic E-state index is 0.300. The van der Waals surface area contributed by atoms with Gasteiger partial charge in [-0.3, -0.25) is 0 Å². The molecule has 0 aromatic rings. The molecule has 1 N–H and O–H groups in total. The Hall–Kier alpha value is -0.170. The second kappa shape index (κ2) is 7.90. The summed E-state index contributed by atoms with van der Waals surface area (Å²) in [4.78, 5) is 2.37. The van der Waals surface area contributed by atoms with Crippen LogP contribution in [-0.4, -0.2) is 68.7 Å². The quantitative estimate of drug-likeness (QED) is 0.798. The van der Waals surface area contributed by atoms with Gasteiger partial charge in [-0.1, -0.05) is 20.3 Å². The number of piperidine rings is 1. The van der Waals surface area contributed by atoms with Gasteiger partial charge >= 0.3 is 0 Å². The number of rotatable bonds is 6. The average molecular weight is 317 g/mol. The second-order valence-corrected chi connectivity index (χ2v) is 8.93. The molecule has 0 aliphatic carbocycles. The summed E-state index contributed by atoms with van der Waals surface area (Å²) in [5.74, 6) is 0.944. The number of nitrogens with zero attached hydrogens (tertiary/aromatic N) is 2. The fourth-order valence-electron chi connectivity index (χ4n) is 3.30. The van der Waals surface area contributed by atoms with Crippen LogP contribution in [0.5, 0.6) is 0 Å². The first-order chi connectivity index (χ1) is 9.97. The van der Waals surface area contributed by atoms with Crippen molar-refractivity contribution in [2.75, 3.05) is 45.0 Å². The van der Waals surface area contributed by atoms with Gasteiger partial charge in [-0.2, -0.15) is 4.31 Å². The molecule has 2 rings (SSSR count). The van der Waals surface area contributed by atoms with E-state index in [1.807, 2.05) is 0 Å². The summed E-state index contributed by atoms with van der Waals surface area (Å²) in [6.07, 6.45) is 4.33. The van der Waals surface area contributed by atoms with Crippen molar-refractivity contribution in [3.05, 3.63) is 0 Å². The summed E-state index contributed by atoms with van der Waals surface area (Å²) >= 11 is 0. The Bertz CT molecular complexity index is 397. The van der Waals surface area contributed by atoms with E-state index in [1.165, 1.54) is 12.8 Å². The molecule has 0 saturated carbocycles. The van der Waals surface area contributed by atoms with E-state index < -0.39 is 10.0 Å².